The molecular formula is C10H14N2O2S. The summed E-state index contributed by atoms with van der Waals surface area (Å²) in [5.74, 6) is -0.912. The van der Waals surface area contributed by atoms with Crippen molar-refractivity contribution in [1.29, 1.82) is 0 Å². The van der Waals surface area contributed by atoms with Crippen molar-refractivity contribution in [2.24, 2.45) is 0 Å². The molecule has 5 heteroatoms. The molecule has 0 aliphatic carbocycles. The van der Waals surface area contributed by atoms with Gasteiger partial charge >= 0.3 is 5.97 Å². The Morgan fingerprint density at radius 1 is 1.60 bits per heavy atom. The molecule has 1 aromatic rings. The molecule has 82 valence electrons. The van der Waals surface area contributed by atoms with Crippen LogP contribution in [-0.4, -0.2) is 33.5 Å². The van der Waals surface area contributed by atoms with Gasteiger partial charge in [0.1, 0.15) is 0 Å². The monoisotopic (exact) mass is 226 g/mol. The smallest absolute Gasteiger partial charge is 0.365 e. The summed E-state index contributed by atoms with van der Waals surface area (Å²) in [6.45, 7) is 6.14. The highest BCUT2D eigenvalue weighted by atomic mass is 32.1. The molecule has 0 radical (unpaired) electrons. The van der Waals surface area contributed by atoms with Crippen LogP contribution >= 0.6 is 11.3 Å². The summed E-state index contributed by atoms with van der Waals surface area (Å²) < 4.78 is 0. The molecule has 2 heterocycles. The van der Waals surface area contributed by atoms with Crippen LogP contribution in [0.25, 0.3) is 0 Å². The van der Waals surface area contributed by atoms with Gasteiger partial charge < -0.3 is 5.11 Å². The summed E-state index contributed by atoms with van der Waals surface area (Å²) >= 11 is 1.31. The second kappa shape index (κ2) is 3.90. The number of aromatic nitrogens is 1. The van der Waals surface area contributed by atoms with Gasteiger partial charge in [-0.05, 0) is 13.8 Å². The number of thiazole rings is 1. The van der Waals surface area contributed by atoms with Gasteiger partial charge in [0.2, 0.25) is 5.01 Å². The summed E-state index contributed by atoms with van der Waals surface area (Å²) in [6.07, 6.45) is 0.872. The minimum Gasteiger partial charge on any atom is -0.476 e. The van der Waals surface area contributed by atoms with Crippen molar-refractivity contribution in [3.05, 3.63) is 15.6 Å². The quantitative estimate of drug-likeness (QED) is 0.832. The van der Waals surface area contributed by atoms with Crippen LogP contribution in [0.3, 0.4) is 0 Å². The Morgan fingerprint density at radius 3 is 2.93 bits per heavy atom. The van der Waals surface area contributed by atoms with E-state index in [-0.39, 0.29) is 5.01 Å². The van der Waals surface area contributed by atoms with Gasteiger partial charge in [-0.15, -0.1) is 11.3 Å². The minimum atomic E-state index is -0.912. The molecule has 1 aromatic heterocycles. The SMILES string of the molecule is CC(C)N1CCc2nc(C(=O)O)sc2C1. The lowest BCUT2D eigenvalue weighted by Crippen LogP contribution is -2.35. The number of carboxylic acids is 1. The van der Waals surface area contributed by atoms with E-state index in [1.165, 1.54) is 11.3 Å². The van der Waals surface area contributed by atoms with Gasteiger partial charge in [-0.1, -0.05) is 0 Å². The molecule has 15 heavy (non-hydrogen) atoms. The maximum atomic E-state index is 10.8. The van der Waals surface area contributed by atoms with Crippen molar-refractivity contribution in [2.75, 3.05) is 6.54 Å². The van der Waals surface area contributed by atoms with Gasteiger partial charge in [-0.25, -0.2) is 9.78 Å². The van der Waals surface area contributed by atoms with Crippen LogP contribution in [0.2, 0.25) is 0 Å². The van der Waals surface area contributed by atoms with Gasteiger partial charge in [0.25, 0.3) is 0 Å². The third-order valence-corrected chi connectivity index (χ3v) is 3.74. The first-order valence-corrected chi connectivity index (χ1v) is 5.85. The molecule has 1 N–H and O–H groups in total. The van der Waals surface area contributed by atoms with Crippen molar-refractivity contribution in [1.82, 2.24) is 9.88 Å². The van der Waals surface area contributed by atoms with Crippen LogP contribution in [0.1, 0.15) is 34.2 Å². The van der Waals surface area contributed by atoms with Crippen molar-refractivity contribution in [3.63, 3.8) is 0 Å². The molecule has 1 aliphatic heterocycles. The Hall–Kier alpha value is -0.940. The van der Waals surface area contributed by atoms with Gasteiger partial charge in [0.05, 0.1) is 5.69 Å². The fourth-order valence-corrected chi connectivity index (χ4v) is 2.72. The molecule has 0 saturated carbocycles. The highest BCUT2D eigenvalue weighted by Gasteiger charge is 2.23. The van der Waals surface area contributed by atoms with Crippen molar-refractivity contribution < 1.29 is 9.90 Å². The van der Waals surface area contributed by atoms with Crippen molar-refractivity contribution >= 4 is 17.3 Å². The zero-order chi connectivity index (χ0) is 11.0. The number of aromatic carboxylic acids is 1. The van der Waals surface area contributed by atoms with E-state index in [1.54, 1.807) is 0 Å². The van der Waals surface area contributed by atoms with E-state index in [0.717, 1.165) is 30.1 Å². The van der Waals surface area contributed by atoms with Gasteiger partial charge in [0.15, 0.2) is 0 Å². The lowest BCUT2D eigenvalue weighted by molar-refractivity contribution is 0.0696. The maximum absolute atomic E-state index is 10.8. The molecule has 4 nitrogen and oxygen atoms in total. The number of nitrogens with zero attached hydrogens (tertiary/aromatic N) is 2. The molecule has 0 aromatic carbocycles. The van der Waals surface area contributed by atoms with E-state index < -0.39 is 5.97 Å². The fourth-order valence-electron chi connectivity index (χ4n) is 1.75. The lowest BCUT2D eigenvalue weighted by Gasteiger charge is -2.29. The number of carboxylic acid groups (broad SMARTS) is 1. The molecule has 0 spiro atoms. The van der Waals surface area contributed by atoms with Crippen molar-refractivity contribution in [2.45, 2.75) is 32.9 Å². The number of fused-ring (bicyclic) bond motifs is 1. The van der Waals surface area contributed by atoms with Crippen molar-refractivity contribution in [3.8, 4) is 0 Å². The topological polar surface area (TPSA) is 53.4 Å². The van der Waals surface area contributed by atoms with Crippen LogP contribution in [-0.2, 0) is 13.0 Å². The standard InChI is InChI=1S/C10H14N2O2S/c1-6(2)12-4-3-7-8(5-12)15-9(11-7)10(13)14/h6H,3-5H2,1-2H3,(H,13,14). The molecule has 0 fully saturated rings. The fraction of sp³-hybridized carbons (Fsp3) is 0.600. The van der Waals surface area contributed by atoms with Crippen LogP contribution in [0.15, 0.2) is 0 Å². The second-order valence-electron chi connectivity index (χ2n) is 4.01. The lowest BCUT2D eigenvalue weighted by atomic mass is 10.1. The Balaban J connectivity index is 2.23. The third-order valence-electron chi connectivity index (χ3n) is 2.67. The molecule has 2 rings (SSSR count). The van der Waals surface area contributed by atoms with Crippen LogP contribution in [0.5, 0.6) is 0 Å². The highest BCUT2D eigenvalue weighted by molar-refractivity contribution is 7.13. The molecule has 0 unspecified atom stereocenters. The zero-order valence-corrected chi connectivity index (χ0v) is 9.67. The molecule has 0 amide bonds. The maximum Gasteiger partial charge on any atom is 0.365 e. The highest BCUT2D eigenvalue weighted by Crippen LogP contribution is 2.26. The Bertz CT molecular complexity index is 387. The Kier molecular flexibility index (Phi) is 2.75. The number of rotatable bonds is 2. The summed E-state index contributed by atoms with van der Waals surface area (Å²) in [5.41, 5.74) is 0.981. The first-order valence-electron chi connectivity index (χ1n) is 5.04. The van der Waals surface area contributed by atoms with E-state index >= 15 is 0 Å². The second-order valence-corrected chi connectivity index (χ2v) is 5.09. The van der Waals surface area contributed by atoms with E-state index in [1.807, 2.05) is 0 Å². The largest absolute Gasteiger partial charge is 0.476 e. The number of hydrogen-bond acceptors (Lipinski definition) is 4. The average Bonchev–Trinajstić information content (AvgIpc) is 2.59. The van der Waals surface area contributed by atoms with Gasteiger partial charge in [-0.2, -0.15) is 0 Å². The normalized spacial score (nSPS) is 16.7. The molecule has 0 bridgehead atoms. The van der Waals surface area contributed by atoms with E-state index in [4.69, 9.17) is 5.11 Å². The third kappa shape index (κ3) is 2.03. The average molecular weight is 226 g/mol. The summed E-state index contributed by atoms with van der Waals surface area (Å²) in [4.78, 5) is 18.4. The Morgan fingerprint density at radius 2 is 2.33 bits per heavy atom. The summed E-state index contributed by atoms with van der Waals surface area (Å²) in [7, 11) is 0. The van der Waals surface area contributed by atoms with Crippen LogP contribution < -0.4 is 0 Å². The molecule has 0 saturated heterocycles. The van der Waals surface area contributed by atoms with E-state index in [0.29, 0.717) is 6.04 Å². The Labute approximate surface area is 92.6 Å². The number of hydrogen-bond donors (Lipinski definition) is 1. The molecule has 0 atom stereocenters. The first-order chi connectivity index (χ1) is 7.08. The van der Waals surface area contributed by atoms with Gasteiger partial charge in [0, 0.05) is 30.4 Å². The first kappa shape index (κ1) is 10.6. The number of carbonyl (C=O) groups is 1. The van der Waals surface area contributed by atoms with E-state index in [9.17, 15) is 4.79 Å². The minimum absolute atomic E-state index is 0.227. The summed E-state index contributed by atoms with van der Waals surface area (Å²) in [6, 6.07) is 0.508. The van der Waals surface area contributed by atoms with Crippen LogP contribution in [0.4, 0.5) is 0 Å². The zero-order valence-electron chi connectivity index (χ0n) is 8.86. The van der Waals surface area contributed by atoms with Crippen LogP contribution in [0, 0.1) is 0 Å². The van der Waals surface area contributed by atoms with E-state index in [2.05, 4.69) is 23.7 Å². The molecular weight excluding hydrogens is 212 g/mol. The summed E-state index contributed by atoms with van der Waals surface area (Å²) in [5, 5.41) is 9.07. The predicted octanol–water partition coefficient (Wildman–Crippen LogP) is 1.61. The predicted molar refractivity (Wildman–Crippen MR) is 58.3 cm³/mol. The van der Waals surface area contributed by atoms with Gasteiger partial charge in [-0.3, -0.25) is 4.90 Å². The molecule has 1 aliphatic rings.